The maximum absolute atomic E-state index is 3.81. The molecule has 1 aromatic rings. The molecule has 0 saturated heterocycles. The van der Waals surface area contributed by atoms with E-state index < -0.39 is 0 Å². The Morgan fingerprint density at radius 2 is 2.17 bits per heavy atom. The standard InChI is InChI=1S/C16H22BrN/c1-11-3-2-4-13(11)10-18-16-8-5-12-9-14(17)6-7-15(12)16/h6-7,9,11,13,16,18H,2-5,8,10H2,1H3. The van der Waals surface area contributed by atoms with Gasteiger partial charge in [-0.15, -0.1) is 0 Å². The molecule has 1 fully saturated rings. The summed E-state index contributed by atoms with van der Waals surface area (Å²) >= 11 is 3.57. The van der Waals surface area contributed by atoms with Crippen molar-refractivity contribution in [2.45, 2.75) is 45.1 Å². The van der Waals surface area contributed by atoms with Crippen molar-refractivity contribution >= 4 is 15.9 Å². The Bertz CT molecular complexity index is 429. The molecule has 0 aromatic heterocycles. The van der Waals surface area contributed by atoms with Gasteiger partial charge in [0.1, 0.15) is 0 Å². The van der Waals surface area contributed by atoms with Crippen molar-refractivity contribution in [1.82, 2.24) is 5.32 Å². The van der Waals surface area contributed by atoms with Crippen LogP contribution in [0.15, 0.2) is 22.7 Å². The Morgan fingerprint density at radius 1 is 1.28 bits per heavy atom. The monoisotopic (exact) mass is 307 g/mol. The number of aryl methyl sites for hydroxylation is 1. The highest BCUT2D eigenvalue weighted by Crippen LogP contribution is 2.35. The van der Waals surface area contributed by atoms with Gasteiger partial charge in [-0.3, -0.25) is 0 Å². The van der Waals surface area contributed by atoms with Crippen molar-refractivity contribution in [2.75, 3.05) is 6.54 Å². The molecule has 0 bridgehead atoms. The third kappa shape index (κ3) is 2.50. The zero-order valence-electron chi connectivity index (χ0n) is 11.1. The Balaban J connectivity index is 1.62. The summed E-state index contributed by atoms with van der Waals surface area (Å²) in [5.41, 5.74) is 3.06. The van der Waals surface area contributed by atoms with Crippen molar-refractivity contribution in [3.63, 3.8) is 0 Å². The van der Waals surface area contributed by atoms with E-state index in [1.807, 2.05) is 0 Å². The number of nitrogens with one attached hydrogen (secondary N) is 1. The molecule has 3 atom stereocenters. The molecule has 2 aliphatic rings. The van der Waals surface area contributed by atoms with Gasteiger partial charge in [-0.25, -0.2) is 0 Å². The zero-order chi connectivity index (χ0) is 12.5. The smallest absolute Gasteiger partial charge is 0.0326 e. The summed E-state index contributed by atoms with van der Waals surface area (Å²) < 4.78 is 1.21. The molecule has 98 valence electrons. The molecular weight excluding hydrogens is 286 g/mol. The maximum atomic E-state index is 3.81. The van der Waals surface area contributed by atoms with Crippen molar-refractivity contribution in [1.29, 1.82) is 0 Å². The molecule has 0 heterocycles. The molecule has 1 aromatic carbocycles. The average Bonchev–Trinajstić information content (AvgIpc) is 2.93. The first-order valence-electron chi connectivity index (χ1n) is 7.26. The second-order valence-electron chi connectivity index (χ2n) is 6.01. The molecule has 0 amide bonds. The van der Waals surface area contributed by atoms with Gasteiger partial charge in [-0.05, 0) is 60.9 Å². The van der Waals surface area contributed by atoms with E-state index in [2.05, 4.69) is 46.4 Å². The lowest BCUT2D eigenvalue weighted by Crippen LogP contribution is -2.27. The topological polar surface area (TPSA) is 12.0 Å². The van der Waals surface area contributed by atoms with Crippen LogP contribution in [0.4, 0.5) is 0 Å². The van der Waals surface area contributed by atoms with Crippen molar-refractivity contribution in [3.05, 3.63) is 33.8 Å². The second-order valence-corrected chi connectivity index (χ2v) is 6.93. The summed E-state index contributed by atoms with van der Waals surface area (Å²) in [6.45, 7) is 3.63. The summed E-state index contributed by atoms with van der Waals surface area (Å²) in [5, 5.41) is 3.81. The van der Waals surface area contributed by atoms with Gasteiger partial charge in [0.15, 0.2) is 0 Å². The van der Waals surface area contributed by atoms with Crippen LogP contribution in [0.3, 0.4) is 0 Å². The van der Waals surface area contributed by atoms with Crippen LogP contribution in [0.2, 0.25) is 0 Å². The van der Waals surface area contributed by atoms with E-state index in [-0.39, 0.29) is 0 Å². The van der Waals surface area contributed by atoms with Gasteiger partial charge in [-0.2, -0.15) is 0 Å². The molecule has 2 heteroatoms. The minimum atomic E-state index is 0.598. The van der Waals surface area contributed by atoms with Crippen LogP contribution in [-0.2, 0) is 6.42 Å². The lowest BCUT2D eigenvalue weighted by atomic mass is 9.97. The number of hydrogen-bond donors (Lipinski definition) is 1. The lowest BCUT2D eigenvalue weighted by molar-refractivity contribution is 0.367. The van der Waals surface area contributed by atoms with Crippen LogP contribution in [0, 0.1) is 11.8 Å². The molecule has 1 saturated carbocycles. The highest BCUT2D eigenvalue weighted by Gasteiger charge is 2.26. The van der Waals surface area contributed by atoms with Crippen molar-refractivity contribution in [3.8, 4) is 0 Å². The summed E-state index contributed by atoms with van der Waals surface area (Å²) in [6.07, 6.45) is 6.79. The lowest BCUT2D eigenvalue weighted by Gasteiger charge is -2.20. The molecule has 2 aliphatic carbocycles. The Morgan fingerprint density at radius 3 is 2.94 bits per heavy atom. The van der Waals surface area contributed by atoms with Gasteiger partial charge in [0.05, 0.1) is 0 Å². The molecule has 18 heavy (non-hydrogen) atoms. The number of benzene rings is 1. The van der Waals surface area contributed by atoms with Gasteiger partial charge < -0.3 is 5.32 Å². The fourth-order valence-electron chi connectivity index (χ4n) is 3.62. The summed E-state index contributed by atoms with van der Waals surface area (Å²) in [7, 11) is 0. The van der Waals surface area contributed by atoms with Gasteiger partial charge in [-0.1, -0.05) is 41.8 Å². The van der Waals surface area contributed by atoms with E-state index in [4.69, 9.17) is 0 Å². The van der Waals surface area contributed by atoms with E-state index in [0.29, 0.717) is 6.04 Å². The third-order valence-corrected chi connectivity index (χ3v) is 5.34. The minimum Gasteiger partial charge on any atom is -0.310 e. The van der Waals surface area contributed by atoms with Crippen molar-refractivity contribution < 1.29 is 0 Å². The summed E-state index contributed by atoms with van der Waals surface area (Å²) in [6, 6.07) is 7.36. The highest BCUT2D eigenvalue weighted by atomic mass is 79.9. The number of halogens is 1. The minimum absolute atomic E-state index is 0.598. The molecule has 3 unspecified atom stereocenters. The van der Waals surface area contributed by atoms with E-state index in [9.17, 15) is 0 Å². The van der Waals surface area contributed by atoms with E-state index in [1.165, 1.54) is 54.2 Å². The highest BCUT2D eigenvalue weighted by molar-refractivity contribution is 9.10. The van der Waals surface area contributed by atoms with E-state index in [0.717, 1.165) is 11.8 Å². The Hall–Kier alpha value is -0.340. The number of fused-ring (bicyclic) bond motifs is 1. The quantitative estimate of drug-likeness (QED) is 0.869. The fraction of sp³-hybridized carbons (Fsp3) is 0.625. The molecule has 0 aliphatic heterocycles. The maximum Gasteiger partial charge on any atom is 0.0326 e. The first-order chi connectivity index (χ1) is 8.74. The second kappa shape index (κ2) is 5.34. The summed E-state index contributed by atoms with van der Waals surface area (Å²) in [4.78, 5) is 0. The predicted molar refractivity (Wildman–Crippen MR) is 79.7 cm³/mol. The van der Waals surface area contributed by atoms with E-state index in [1.54, 1.807) is 0 Å². The van der Waals surface area contributed by atoms with Crippen LogP contribution in [0.1, 0.15) is 49.8 Å². The molecule has 3 rings (SSSR count). The van der Waals surface area contributed by atoms with Gasteiger partial charge in [0.2, 0.25) is 0 Å². The first-order valence-corrected chi connectivity index (χ1v) is 8.05. The van der Waals surface area contributed by atoms with Crippen molar-refractivity contribution in [2.24, 2.45) is 11.8 Å². The molecular formula is C16H22BrN. The van der Waals surface area contributed by atoms with Crippen LogP contribution < -0.4 is 5.32 Å². The predicted octanol–water partition coefficient (Wildman–Crippen LogP) is 4.46. The number of rotatable bonds is 3. The third-order valence-electron chi connectivity index (χ3n) is 4.85. The van der Waals surface area contributed by atoms with Crippen LogP contribution in [-0.4, -0.2) is 6.54 Å². The van der Waals surface area contributed by atoms with Crippen LogP contribution in [0.25, 0.3) is 0 Å². The molecule has 0 radical (unpaired) electrons. The molecule has 1 N–H and O–H groups in total. The van der Waals surface area contributed by atoms with E-state index >= 15 is 0 Å². The Labute approximate surface area is 118 Å². The normalized spacial score (nSPS) is 30.7. The van der Waals surface area contributed by atoms with Gasteiger partial charge >= 0.3 is 0 Å². The average molecular weight is 308 g/mol. The number of hydrogen-bond acceptors (Lipinski definition) is 1. The van der Waals surface area contributed by atoms with Crippen LogP contribution in [0.5, 0.6) is 0 Å². The SMILES string of the molecule is CC1CCCC1CNC1CCc2cc(Br)ccc21. The Kier molecular flexibility index (Phi) is 3.76. The first kappa shape index (κ1) is 12.7. The van der Waals surface area contributed by atoms with Gasteiger partial charge in [0, 0.05) is 10.5 Å². The fourth-order valence-corrected chi connectivity index (χ4v) is 4.03. The molecule has 0 spiro atoms. The zero-order valence-corrected chi connectivity index (χ0v) is 12.7. The largest absolute Gasteiger partial charge is 0.310 e. The summed E-state index contributed by atoms with van der Waals surface area (Å²) in [5.74, 6) is 1.83. The molecule has 1 nitrogen and oxygen atoms in total. The van der Waals surface area contributed by atoms with Gasteiger partial charge in [0.25, 0.3) is 0 Å². The van der Waals surface area contributed by atoms with Crippen LogP contribution >= 0.6 is 15.9 Å².